The molecule has 0 radical (unpaired) electrons. The van der Waals surface area contributed by atoms with Gasteiger partial charge in [0.15, 0.2) is 0 Å². The number of anilines is 1. The quantitative estimate of drug-likeness (QED) is 0.761. The third-order valence-corrected chi connectivity index (χ3v) is 3.30. The Hall–Kier alpha value is -3.22. The maximum Gasteiger partial charge on any atom is 0.272 e. The van der Waals surface area contributed by atoms with E-state index in [1.807, 2.05) is 0 Å². The zero-order valence-electron chi connectivity index (χ0n) is 12.4. The largest absolute Gasteiger partial charge is 0.481 e. The third-order valence-electron chi connectivity index (χ3n) is 3.30. The number of methoxy groups -OCH3 is 1. The number of nitrogens with zero attached hydrogens (tertiary/aromatic N) is 2. The Kier molecular flexibility index (Phi) is 4.01. The maximum atomic E-state index is 12.2. The van der Waals surface area contributed by atoms with Gasteiger partial charge in [-0.2, -0.15) is 10.1 Å². The topological polar surface area (TPSA) is 97.0 Å². The van der Waals surface area contributed by atoms with Crippen LogP contribution in [0.1, 0.15) is 5.69 Å². The van der Waals surface area contributed by atoms with Crippen molar-refractivity contribution in [1.29, 1.82) is 0 Å². The molecule has 2 aromatic heterocycles. The average molecular weight is 310 g/mol. The molecule has 0 spiro atoms. The van der Waals surface area contributed by atoms with E-state index in [9.17, 15) is 9.59 Å². The number of carbonyl (C=O) groups is 1. The summed E-state index contributed by atoms with van der Waals surface area (Å²) < 4.78 is 5.01. The number of rotatable bonds is 4. The summed E-state index contributed by atoms with van der Waals surface area (Å²) in [6.07, 6.45) is 0.0240. The van der Waals surface area contributed by atoms with Crippen molar-refractivity contribution in [2.75, 3.05) is 12.4 Å². The molecule has 7 nitrogen and oxygen atoms in total. The van der Waals surface area contributed by atoms with Crippen LogP contribution < -0.4 is 15.6 Å². The van der Waals surface area contributed by atoms with E-state index in [1.165, 1.54) is 7.11 Å². The van der Waals surface area contributed by atoms with Gasteiger partial charge in [0.25, 0.3) is 5.56 Å². The molecule has 3 aromatic rings. The first kappa shape index (κ1) is 14.7. The van der Waals surface area contributed by atoms with Gasteiger partial charge in [0.2, 0.25) is 11.8 Å². The molecule has 0 atom stereocenters. The summed E-state index contributed by atoms with van der Waals surface area (Å²) in [6, 6.07) is 12.1. The number of amides is 1. The summed E-state index contributed by atoms with van der Waals surface area (Å²) in [4.78, 5) is 28.0. The molecule has 0 saturated carbocycles. The molecule has 1 amide bonds. The van der Waals surface area contributed by atoms with Crippen molar-refractivity contribution in [3.63, 3.8) is 0 Å². The number of nitrogens with one attached hydrogen (secondary N) is 2. The first-order chi connectivity index (χ1) is 11.2. The molecule has 23 heavy (non-hydrogen) atoms. The van der Waals surface area contributed by atoms with E-state index in [2.05, 4.69) is 20.5 Å². The summed E-state index contributed by atoms with van der Waals surface area (Å²) in [5, 5.41) is 10.2. The molecule has 0 saturated heterocycles. The molecule has 0 fully saturated rings. The number of pyridine rings is 1. The van der Waals surface area contributed by atoms with Gasteiger partial charge >= 0.3 is 0 Å². The minimum absolute atomic E-state index is 0.0240. The minimum Gasteiger partial charge on any atom is -0.481 e. The first-order valence-electron chi connectivity index (χ1n) is 6.94. The van der Waals surface area contributed by atoms with Crippen LogP contribution in [-0.4, -0.2) is 28.2 Å². The highest BCUT2D eigenvalue weighted by atomic mass is 16.5. The molecule has 2 N–H and O–H groups in total. The molecule has 0 aliphatic heterocycles. The molecule has 0 aliphatic rings. The minimum atomic E-state index is -0.282. The number of aromatic nitrogens is 3. The van der Waals surface area contributed by atoms with Crippen molar-refractivity contribution in [3.05, 3.63) is 58.5 Å². The Morgan fingerprint density at radius 1 is 1.17 bits per heavy atom. The second-order valence-corrected chi connectivity index (χ2v) is 4.84. The zero-order chi connectivity index (χ0) is 16.2. The fraction of sp³-hybridized carbons (Fsp3) is 0.125. The number of ether oxygens (including phenoxy) is 1. The number of fused-ring (bicyclic) bond motifs is 1. The fourth-order valence-electron chi connectivity index (χ4n) is 2.24. The molecule has 1 aromatic carbocycles. The van der Waals surface area contributed by atoms with Gasteiger partial charge in [0, 0.05) is 11.5 Å². The highest BCUT2D eigenvalue weighted by Gasteiger charge is 2.11. The molecular weight excluding hydrogens is 296 g/mol. The molecule has 2 heterocycles. The molecule has 7 heteroatoms. The van der Waals surface area contributed by atoms with Crippen LogP contribution in [0.15, 0.2) is 47.3 Å². The highest BCUT2D eigenvalue weighted by Crippen LogP contribution is 2.14. The van der Waals surface area contributed by atoms with E-state index in [1.54, 1.807) is 42.5 Å². The lowest BCUT2D eigenvalue weighted by Gasteiger charge is -2.07. The molecule has 116 valence electrons. The van der Waals surface area contributed by atoms with Crippen LogP contribution in [0.25, 0.3) is 10.8 Å². The lowest BCUT2D eigenvalue weighted by atomic mass is 10.1. The van der Waals surface area contributed by atoms with E-state index in [0.29, 0.717) is 28.2 Å². The number of hydrogen-bond acceptors (Lipinski definition) is 5. The van der Waals surface area contributed by atoms with Crippen LogP contribution in [0.3, 0.4) is 0 Å². The van der Waals surface area contributed by atoms with Crippen LogP contribution in [0.5, 0.6) is 5.88 Å². The molecule has 3 rings (SSSR count). The van der Waals surface area contributed by atoms with E-state index in [-0.39, 0.29) is 17.9 Å². The Bertz CT molecular complexity index is 920. The van der Waals surface area contributed by atoms with Crippen molar-refractivity contribution in [1.82, 2.24) is 15.2 Å². The van der Waals surface area contributed by atoms with Crippen LogP contribution in [0.2, 0.25) is 0 Å². The monoisotopic (exact) mass is 310 g/mol. The van der Waals surface area contributed by atoms with E-state index >= 15 is 0 Å². The summed E-state index contributed by atoms with van der Waals surface area (Å²) in [5.41, 5.74) is 0.222. The predicted molar refractivity (Wildman–Crippen MR) is 85.5 cm³/mol. The Morgan fingerprint density at radius 2 is 1.96 bits per heavy atom. The Morgan fingerprint density at radius 3 is 2.74 bits per heavy atom. The highest BCUT2D eigenvalue weighted by molar-refractivity contribution is 5.94. The van der Waals surface area contributed by atoms with Crippen LogP contribution in [0, 0.1) is 0 Å². The second-order valence-electron chi connectivity index (χ2n) is 4.84. The third kappa shape index (κ3) is 3.18. The average Bonchev–Trinajstić information content (AvgIpc) is 2.58. The number of aromatic amines is 1. The lowest BCUT2D eigenvalue weighted by Crippen LogP contribution is -2.19. The second kappa shape index (κ2) is 6.27. The van der Waals surface area contributed by atoms with E-state index in [4.69, 9.17) is 4.74 Å². The van der Waals surface area contributed by atoms with Crippen LogP contribution in [0.4, 0.5) is 5.82 Å². The molecular formula is C16H14N4O3. The van der Waals surface area contributed by atoms with Crippen molar-refractivity contribution < 1.29 is 9.53 Å². The van der Waals surface area contributed by atoms with Gasteiger partial charge in [-0.3, -0.25) is 9.59 Å². The van der Waals surface area contributed by atoms with Gasteiger partial charge < -0.3 is 10.1 Å². The summed E-state index contributed by atoms with van der Waals surface area (Å²) in [5.74, 6) is 0.522. The smallest absolute Gasteiger partial charge is 0.272 e. The van der Waals surface area contributed by atoms with Gasteiger partial charge in [-0.05, 0) is 12.1 Å². The fourth-order valence-corrected chi connectivity index (χ4v) is 2.24. The van der Waals surface area contributed by atoms with Crippen molar-refractivity contribution in [3.8, 4) is 5.88 Å². The molecule has 0 aliphatic carbocycles. The Labute approximate surface area is 131 Å². The van der Waals surface area contributed by atoms with Crippen molar-refractivity contribution in [2.24, 2.45) is 0 Å². The number of hydrogen-bond donors (Lipinski definition) is 2. The van der Waals surface area contributed by atoms with Gasteiger partial charge in [-0.1, -0.05) is 24.3 Å². The van der Waals surface area contributed by atoms with Crippen LogP contribution >= 0.6 is 0 Å². The summed E-state index contributed by atoms with van der Waals surface area (Å²) in [6.45, 7) is 0. The van der Waals surface area contributed by atoms with E-state index in [0.717, 1.165) is 0 Å². The van der Waals surface area contributed by atoms with E-state index < -0.39 is 0 Å². The number of carbonyl (C=O) groups excluding carboxylic acids is 1. The SMILES string of the molecule is COc1cccc(NC(=O)Cc2n[nH]c(=O)c3ccccc23)n1. The summed E-state index contributed by atoms with van der Waals surface area (Å²) >= 11 is 0. The molecule has 0 unspecified atom stereocenters. The van der Waals surface area contributed by atoms with Crippen molar-refractivity contribution >= 4 is 22.5 Å². The van der Waals surface area contributed by atoms with Gasteiger partial charge in [0.1, 0.15) is 5.82 Å². The van der Waals surface area contributed by atoms with Gasteiger partial charge in [-0.15, -0.1) is 0 Å². The summed E-state index contributed by atoms with van der Waals surface area (Å²) in [7, 11) is 1.50. The van der Waals surface area contributed by atoms with Gasteiger partial charge in [0.05, 0.1) is 24.6 Å². The number of H-pyrrole nitrogens is 1. The van der Waals surface area contributed by atoms with Crippen molar-refractivity contribution in [2.45, 2.75) is 6.42 Å². The Balaban J connectivity index is 1.83. The van der Waals surface area contributed by atoms with Crippen LogP contribution in [-0.2, 0) is 11.2 Å². The van der Waals surface area contributed by atoms with Gasteiger partial charge in [-0.25, -0.2) is 5.10 Å². The molecule has 0 bridgehead atoms. The predicted octanol–water partition coefficient (Wildman–Crippen LogP) is 1.51. The first-order valence-corrected chi connectivity index (χ1v) is 6.94. The lowest BCUT2D eigenvalue weighted by molar-refractivity contribution is -0.115. The normalized spacial score (nSPS) is 10.5. The standard InChI is InChI=1S/C16H14N4O3/c1-23-15-8-4-7-13(18-15)17-14(21)9-12-10-5-2-3-6-11(10)16(22)20-19-12/h2-8H,9H2,1H3,(H,20,22)(H,17,18,21). The number of benzene rings is 1. The maximum absolute atomic E-state index is 12.2. The zero-order valence-corrected chi connectivity index (χ0v) is 12.4.